The van der Waals surface area contributed by atoms with Crippen LogP contribution in [0.5, 0.6) is 0 Å². The molecule has 152 valence electrons. The number of carbonyl (C=O) groups is 1. The number of benzene rings is 1. The zero-order valence-corrected chi connectivity index (χ0v) is 16.0. The number of halogens is 3. The minimum absolute atomic E-state index is 0.0399. The molecule has 1 spiro atoms. The first-order valence-corrected chi connectivity index (χ1v) is 9.43. The third-order valence-corrected chi connectivity index (χ3v) is 5.97. The van der Waals surface area contributed by atoms with Gasteiger partial charge in [0.05, 0.1) is 16.0 Å². The van der Waals surface area contributed by atoms with Crippen molar-refractivity contribution in [2.45, 2.75) is 31.7 Å². The number of hydrogen-bond donors (Lipinski definition) is 2. The standard InChI is InChI=1S/C17H16ClF2N7O2/c1-8(14(28)27-5-4-16(7-27)6-17(16,19)20)21-15-25-24-13(29-15)9-2-3-10(18)12-11(9)22-26-23-12/h2-3,8H,4-7H2,1H3,(H,21,25)(H,22,23,26)/t8-,16?/m1/s1. The Balaban J connectivity index is 1.29. The Kier molecular flexibility index (Phi) is 3.83. The lowest BCUT2D eigenvalue weighted by atomic mass is 10.1. The fourth-order valence-corrected chi connectivity index (χ4v) is 4.06. The maximum atomic E-state index is 13.5. The monoisotopic (exact) mass is 423 g/mol. The number of H-pyrrole nitrogens is 1. The predicted molar refractivity (Wildman–Crippen MR) is 98.5 cm³/mol. The van der Waals surface area contributed by atoms with Gasteiger partial charge in [-0.1, -0.05) is 16.7 Å². The molecule has 9 nitrogen and oxygen atoms in total. The van der Waals surface area contributed by atoms with E-state index in [0.717, 1.165) is 0 Å². The summed E-state index contributed by atoms with van der Waals surface area (Å²) in [6.07, 6.45) is 0.184. The third kappa shape index (κ3) is 2.83. The number of aromatic nitrogens is 5. The highest BCUT2D eigenvalue weighted by molar-refractivity contribution is 6.35. The number of fused-ring (bicyclic) bond motifs is 1. The van der Waals surface area contributed by atoms with Crippen LogP contribution in [-0.2, 0) is 4.79 Å². The normalized spacial score (nSPS) is 23.7. The van der Waals surface area contributed by atoms with Crippen molar-refractivity contribution in [3.63, 3.8) is 0 Å². The highest BCUT2D eigenvalue weighted by atomic mass is 35.5. The lowest BCUT2D eigenvalue weighted by Crippen LogP contribution is -2.40. The topological polar surface area (TPSA) is 113 Å². The number of likely N-dealkylation sites (tertiary alicyclic amines) is 1. The van der Waals surface area contributed by atoms with Gasteiger partial charge in [0.25, 0.3) is 11.8 Å². The van der Waals surface area contributed by atoms with Crippen molar-refractivity contribution in [3.8, 4) is 11.5 Å². The molecule has 2 fully saturated rings. The number of alkyl halides is 2. The maximum absolute atomic E-state index is 13.5. The van der Waals surface area contributed by atoms with E-state index >= 15 is 0 Å². The van der Waals surface area contributed by atoms with Gasteiger partial charge in [0.15, 0.2) is 0 Å². The fraction of sp³-hybridized carbons (Fsp3) is 0.471. The largest absolute Gasteiger partial charge is 0.403 e. The lowest BCUT2D eigenvalue weighted by Gasteiger charge is -2.21. The van der Waals surface area contributed by atoms with Crippen LogP contribution < -0.4 is 5.32 Å². The number of carbonyl (C=O) groups excluding carboxylic acids is 1. The van der Waals surface area contributed by atoms with E-state index in [2.05, 4.69) is 30.9 Å². The molecule has 29 heavy (non-hydrogen) atoms. The zero-order chi connectivity index (χ0) is 20.4. The molecule has 1 unspecified atom stereocenters. The SMILES string of the molecule is C[C@@H](Nc1nnc(-c2ccc(Cl)c3n[nH]nc23)o1)C(=O)N1CCC2(C1)CC2(F)F. The van der Waals surface area contributed by atoms with E-state index in [1.54, 1.807) is 19.1 Å². The van der Waals surface area contributed by atoms with Crippen LogP contribution in [0.25, 0.3) is 22.5 Å². The molecule has 1 amide bonds. The molecule has 2 aliphatic rings. The summed E-state index contributed by atoms with van der Waals surface area (Å²) in [6.45, 7) is 2.03. The molecule has 2 aromatic heterocycles. The van der Waals surface area contributed by atoms with E-state index < -0.39 is 17.4 Å². The van der Waals surface area contributed by atoms with Crippen LogP contribution >= 0.6 is 11.6 Å². The number of amides is 1. The molecule has 3 aromatic rings. The van der Waals surface area contributed by atoms with Crippen molar-refractivity contribution in [1.82, 2.24) is 30.5 Å². The second-order valence-electron chi connectivity index (χ2n) is 7.57. The molecule has 1 aliphatic heterocycles. The van der Waals surface area contributed by atoms with Gasteiger partial charge in [-0.3, -0.25) is 4.79 Å². The summed E-state index contributed by atoms with van der Waals surface area (Å²) in [7, 11) is 0. The summed E-state index contributed by atoms with van der Waals surface area (Å²) in [4.78, 5) is 14.1. The number of aromatic amines is 1. The van der Waals surface area contributed by atoms with Crippen molar-refractivity contribution >= 4 is 34.6 Å². The molecule has 1 saturated carbocycles. The van der Waals surface area contributed by atoms with Crippen LogP contribution in [-0.4, -0.2) is 61.5 Å². The van der Waals surface area contributed by atoms with Gasteiger partial charge in [0, 0.05) is 19.5 Å². The summed E-state index contributed by atoms with van der Waals surface area (Å²) < 4.78 is 32.7. The van der Waals surface area contributed by atoms with Crippen molar-refractivity contribution in [2.75, 3.05) is 18.4 Å². The number of nitrogens with one attached hydrogen (secondary N) is 2. The number of nitrogens with zero attached hydrogens (tertiary/aromatic N) is 5. The van der Waals surface area contributed by atoms with Crippen LogP contribution in [0.2, 0.25) is 5.02 Å². The summed E-state index contributed by atoms with van der Waals surface area (Å²) in [6, 6.07) is 2.65. The Labute approximate surface area is 167 Å². The molecule has 2 atom stereocenters. The Morgan fingerprint density at radius 1 is 1.34 bits per heavy atom. The number of anilines is 1. The molecule has 0 radical (unpaired) electrons. The van der Waals surface area contributed by atoms with Crippen molar-refractivity contribution in [3.05, 3.63) is 17.2 Å². The zero-order valence-electron chi connectivity index (χ0n) is 15.2. The second kappa shape index (κ2) is 6.09. The Morgan fingerprint density at radius 3 is 2.83 bits per heavy atom. The van der Waals surface area contributed by atoms with Crippen LogP contribution in [0.3, 0.4) is 0 Å². The van der Waals surface area contributed by atoms with E-state index in [-0.39, 0.29) is 30.8 Å². The second-order valence-corrected chi connectivity index (χ2v) is 7.97. The Morgan fingerprint density at radius 2 is 2.10 bits per heavy atom. The van der Waals surface area contributed by atoms with Gasteiger partial charge in [-0.25, -0.2) is 8.78 Å². The molecule has 2 N–H and O–H groups in total. The van der Waals surface area contributed by atoms with Gasteiger partial charge >= 0.3 is 6.01 Å². The maximum Gasteiger partial charge on any atom is 0.316 e. The molecular weight excluding hydrogens is 408 g/mol. The quantitative estimate of drug-likeness (QED) is 0.663. The molecule has 5 rings (SSSR count). The smallest absolute Gasteiger partial charge is 0.316 e. The summed E-state index contributed by atoms with van der Waals surface area (Å²) >= 11 is 6.08. The van der Waals surface area contributed by atoms with Crippen LogP contribution in [0.1, 0.15) is 19.8 Å². The van der Waals surface area contributed by atoms with E-state index in [0.29, 0.717) is 34.6 Å². The average molecular weight is 424 g/mol. The van der Waals surface area contributed by atoms with Crippen molar-refractivity contribution < 1.29 is 18.0 Å². The first-order chi connectivity index (χ1) is 13.8. The highest BCUT2D eigenvalue weighted by Gasteiger charge is 2.73. The average Bonchev–Trinajstić information content (AvgIpc) is 3.23. The van der Waals surface area contributed by atoms with Gasteiger partial charge < -0.3 is 14.6 Å². The van der Waals surface area contributed by atoms with E-state index in [9.17, 15) is 13.6 Å². The minimum atomic E-state index is -2.66. The van der Waals surface area contributed by atoms with Gasteiger partial charge in [-0.2, -0.15) is 15.4 Å². The summed E-state index contributed by atoms with van der Waals surface area (Å²) in [5, 5.41) is 21.7. The van der Waals surface area contributed by atoms with Crippen LogP contribution in [0, 0.1) is 5.41 Å². The third-order valence-electron chi connectivity index (χ3n) is 5.67. The van der Waals surface area contributed by atoms with Crippen LogP contribution in [0.4, 0.5) is 14.8 Å². The summed E-state index contributed by atoms with van der Waals surface area (Å²) in [5.41, 5.74) is 0.456. The number of hydrogen-bond acceptors (Lipinski definition) is 7. The summed E-state index contributed by atoms with van der Waals surface area (Å²) in [5.74, 6) is -2.76. The van der Waals surface area contributed by atoms with E-state index in [1.807, 2.05) is 0 Å². The molecule has 0 bridgehead atoms. The van der Waals surface area contributed by atoms with Gasteiger partial charge in [0.2, 0.25) is 5.91 Å². The van der Waals surface area contributed by atoms with Gasteiger partial charge in [0.1, 0.15) is 17.1 Å². The molecule has 1 aromatic carbocycles. The highest BCUT2D eigenvalue weighted by Crippen LogP contribution is 2.65. The van der Waals surface area contributed by atoms with Gasteiger partial charge in [-0.05, 0) is 25.5 Å². The Bertz CT molecular complexity index is 1120. The molecular formula is C17H16ClF2N7O2. The molecule has 12 heteroatoms. The van der Waals surface area contributed by atoms with Crippen molar-refractivity contribution in [2.24, 2.45) is 5.41 Å². The fourth-order valence-electron chi connectivity index (χ4n) is 3.87. The first-order valence-electron chi connectivity index (χ1n) is 9.06. The predicted octanol–water partition coefficient (Wildman–Crippen LogP) is 2.72. The first kappa shape index (κ1) is 18.2. The van der Waals surface area contributed by atoms with Crippen molar-refractivity contribution in [1.29, 1.82) is 0 Å². The minimum Gasteiger partial charge on any atom is -0.403 e. The Hall–Kier alpha value is -2.82. The molecule has 3 heterocycles. The lowest BCUT2D eigenvalue weighted by molar-refractivity contribution is -0.131. The molecule has 1 aliphatic carbocycles. The molecule has 1 saturated heterocycles. The van der Waals surface area contributed by atoms with E-state index in [1.165, 1.54) is 4.90 Å². The van der Waals surface area contributed by atoms with E-state index in [4.69, 9.17) is 16.0 Å². The number of rotatable bonds is 4. The van der Waals surface area contributed by atoms with Crippen LogP contribution in [0.15, 0.2) is 16.5 Å². The van der Waals surface area contributed by atoms with Gasteiger partial charge in [-0.15, -0.1) is 5.10 Å².